The van der Waals surface area contributed by atoms with Crippen LogP contribution < -0.4 is 20.1 Å². The fourth-order valence-corrected chi connectivity index (χ4v) is 5.29. The highest BCUT2D eigenvalue weighted by molar-refractivity contribution is 7.91. The van der Waals surface area contributed by atoms with Gasteiger partial charge in [-0.3, -0.25) is 4.72 Å². The predicted octanol–water partition coefficient (Wildman–Crippen LogP) is 5.61. The topological polar surface area (TPSA) is 118 Å². The number of piperidine rings is 1. The summed E-state index contributed by atoms with van der Waals surface area (Å²) in [7, 11) is -2.40. The maximum atomic E-state index is 15.1. The van der Waals surface area contributed by atoms with E-state index in [9.17, 15) is 17.2 Å². The molecule has 1 unspecified atom stereocenters. The number of halogens is 3. The molecule has 0 amide bonds. The molecule has 1 atom stereocenters. The number of nitrogens with zero attached hydrogens (tertiary/aromatic N) is 3. The SMILES string of the molecule is CNc1nccc(-c2cccnc2Oc2cc(F)c(NS(=O)(=O)Cc3ccccc3)c(F)c2C)n1.FC1CCCNC1. The van der Waals surface area contributed by atoms with Gasteiger partial charge in [0.05, 0.1) is 17.0 Å². The summed E-state index contributed by atoms with van der Waals surface area (Å²) in [5.74, 6) is -2.38. The Labute approximate surface area is 242 Å². The molecule has 5 rings (SSSR count). The molecule has 1 aliphatic rings. The van der Waals surface area contributed by atoms with Crippen LogP contribution in [0.1, 0.15) is 24.0 Å². The van der Waals surface area contributed by atoms with Crippen molar-refractivity contribution in [1.29, 1.82) is 0 Å². The highest BCUT2D eigenvalue weighted by atomic mass is 32.2. The van der Waals surface area contributed by atoms with Gasteiger partial charge in [-0.1, -0.05) is 30.3 Å². The van der Waals surface area contributed by atoms with E-state index in [-0.39, 0.29) is 17.2 Å². The molecular weight excluding hydrogens is 569 g/mol. The molecular formula is C29H31F3N6O3S. The highest BCUT2D eigenvalue weighted by Crippen LogP contribution is 2.36. The molecule has 1 aliphatic heterocycles. The fraction of sp³-hybridized carbons (Fsp3) is 0.276. The normalized spacial score (nSPS) is 14.8. The zero-order chi connectivity index (χ0) is 30.1. The molecule has 0 spiro atoms. The summed E-state index contributed by atoms with van der Waals surface area (Å²) >= 11 is 0. The number of benzene rings is 2. The van der Waals surface area contributed by atoms with Crippen LogP contribution >= 0.6 is 0 Å². The number of rotatable bonds is 8. The smallest absolute Gasteiger partial charge is 0.237 e. The predicted molar refractivity (Wildman–Crippen MR) is 156 cm³/mol. The minimum absolute atomic E-state index is 0.0626. The average molecular weight is 601 g/mol. The lowest BCUT2D eigenvalue weighted by Crippen LogP contribution is -2.30. The summed E-state index contributed by atoms with van der Waals surface area (Å²) in [6, 6.07) is 14.2. The third kappa shape index (κ3) is 8.17. The van der Waals surface area contributed by atoms with Gasteiger partial charge >= 0.3 is 0 Å². The molecule has 9 nitrogen and oxygen atoms in total. The molecule has 2 aromatic heterocycles. The number of nitrogens with one attached hydrogen (secondary N) is 3. The van der Waals surface area contributed by atoms with Gasteiger partial charge in [0.2, 0.25) is 21.9 Å². The van der Waals surface area contributed by atoms with Gasteiger partial charge in [-0.15, -0.1) is 0 Å². The zero-order valence-corrected chi connectivity index (χ0v) is 23.9. The van der Waals surface area contributed by atoms with Crippen LogP contribution in [-0.4, -0.2) is 49.7 Å². The molecule has 0 radical (unpaired) electrons. The number of anilines is 2. The molecule has 0 saturated carbocycles. The monoisotopic (exact) mass is 600 g/mol. The first-order valence-electron chi connectivity index (χ1n) is 13.2. The Morgan fingerprint density at radius 3 is 2.52 bits per heavy atom. The van der Waals surface area contributed by atoms with Crippen molar-refractivity contribution >= 4 is 21.7 Å². The van der Waals surface area contributed by atoms with E-state index in [0.29, 0.717) is 29.3 Å². The number of ether oxygens (including phenoxy) is 1. The van der Waals surface area contributed by atoms with Crippen molar-refractivity contribution in [1.82, 2.24) is 20.3 Å². The summed E-state index contributed by atoms with van der Waals surface area (Å²) in [4.78, 5) is 12.6. The largest absolute Gasteiger partial charge is 0.438 e. The Morgan fingerprint density at radius 1 is 1.07 bits per heavy atom. The molecule has 1 fully saturated rings. The Bertz CT molecular complexity index is 1600. The summed E-state index contributed by atoms with van der Waals surface area (Å²) in [6.07, 6.45) is 4.20. The number of hydrogen-bond acceptors (Lipinski definition) is 8. The maximum absolute atomic E-state index is 15.1. The van der Waals surface area contributed by atoms with E-state index in [4.69, 9.17) is 4.74 Å². The van der Waals surface area contributed by atoms with E-state index in [1.165, 1.54) is 13.1 Å². The van der Waals surface area contributed by atoms with Gasteiger partial charge in [0.1, 0.15) is 17.6 Å². The second-order valence-corrected chi connectivity index (χ2v) is 11.2. The van der Waals surface area contributed by atoms with Gasteiger partial charge in [-0.2, -0.15) is 0 Å². The lowest BCUT2D eigenvalue weighted by Gasteiger charge is -2.16. The Kier molecular flexibility index (Phi) is 10.3. The van der Waals surface area contributed by atoms with Crippen molar-refractivity contribution in [2.24, 2.45) is 0 Å². The van der Waals surface area contributed by atoms with Crippen molar-refractivity contribution in [3.05, 3.63) is 89.8 Å². The molecule has 0 aliphatic carbocycles. The summed E-state index contributed by atoms with van der Waals surface area (Å²) in [6.45, 7) is 2.92. The van der Waals surface area contributed by atoms with E-state index in [2.05, 4.69) is 25.6 Å². The van der Waals surface area contributed by atoms with Gasteiger partial charge in [0, 0.05) is 37.6 Å². The summed E-state index contributed by atoms with van der Waals surface area (Å²) in [5, 5.41) is 5.79. The van der Waals surface area contributed by atoms with Crippen LogP contribution in [0, 0.1) is 18.6 Å². The lowest BCUT2D eigenvalue weighted by atomic mass is 10.1. The van der Waals surface area contributed by atoms with Crippen molar-refractivity contribution in [3.63, 3.8) is 0 Å². The first-order chi connectivity index (χ1) is 20.2. The summed E-state index contributed by atoms with van der Waals surface area (Å²) in [5.41, 5.74) is 0.558. The molecule has 4 aromatic rings. The Hall–Kier alpha value is -4.23. The highest BCUT2D eigenvalue weighted by Gasteiger charge is 2.23. The van der Waals surface area contributed by atoms with Crippen LogP contribution in [0.5, 0.6) is 11.6 Å². The first kappa shape index (κ1) is 30.7. The van der Waals surface area contributed by atoms with Crippen LogP contribution in [-0.2, 0) is 15.8 Å². The van der Waals surface area contributed by atoms with Gasteiger partial charge in [-0.05, 0) is 50.1 Å². The molecule has 13 heteroatoms. The molecule has 2 aromatic carbocycles. The first-order valence-corrected chi connectivity index (χ1v) is 14.8. The van der Waals surface area contributed by atoms with Crippen molar-refractivity contribution < 1.29 is 26.3 Å². The second-order valence-electron chi connectivity index (χ2n) is 9.43. The number of hydrogen-bond donors (Lipinski definition) is 3. The van der Waals surface area contributed by atoms with Gasteiger partial charge in [0.25, 0.3) is 0 Å². The van der Waals surface area contributed by atoms with E-state index in [1.54, 1.807) is 61.8 Å². The van der Waals surface area contributed by atoms with E-state index >= 15 is 4.39 Å². The summed E-state index contributed by atoms with van der Waals surface area (Å²) < 4.78 is 74.9. The second kappa shape index (κ2) is 14.1. The third-order valence-corrected chi connectivity index (χ3v) is 7.47. The number of pyridine rings is 1. The standard InChI is InChI=1S/C24H21F2N5O3S.C5H10FN/c1-15-20(34-23-17(9-6-11-28-23)19-10-12-29-24(27-2)30-19)13-18(25)22(21(15)26)31-35(32,33)14-16-7-4-3-5-8-16;6-5-2-1-3-7-4-5/h3-13,31H,14H2,1-2H3,(H,27,29,30);5,7H,1-4H2. The third-order valence-electron chi connectivity index (χ3n) is 6.24. The molecule has 222 valence electrons. The lowest BCUT2D eigenvalue weighted by molar-refractivity contribution is 0.266. The number of alkyl halides is 1. The van der Waals surface area contributed by atoms with Gasteiger partial charge in [-0.25, -0.2) is 36.5 Å². The molecule has 0 bridgehead atoms. The fourth-order valence-electron chi connectivity index (χ4n) is 4.09. The van der Waals surface area contributed by atoms with Crippen LogP contribution in [0.3, 0.4) is 0 Å². The van der Waals surface area contributed by atoms with Gasteiger partial charge in [0.15, 0.2) is 11.6 Å². The molecule has 1 saturated heterocycles. The van der Waals surface area contributed by atoms with E-state index < -0.39 is 39.3 Å². The zero-order valence-electron chi connectivity index (χ0n) is 23.1. The number of sulfonamides is 1. The molecule has 42 heavy (non-hydrogen) atoms. The van der Waals surface area contributed by atoms with E-state index in [0.717, 1.165) is 25.5 Å². The maximum Gasteiger partial charge on any atom is 0.237 e. The minimum atomic E-state index is -4.07. The van der Waals surface area contributed by atoms with Crippen LogP contribution in [0.2, 0.25) is 0 Å². The van der Waals surface area contributed by atoms with Gasteiger partial charge < -0.3 is 15.4 Å². The van der Waals surface area contributed by atoms with Crippen molar-refractivity contribution in [3.8, 4) is 22.9 Å². The van der Waals surface area contributed by atoms with Crippen molar-refractivity contribution in [2.75, 3.05) is 30.2 Å². The minimum Gasteiger partial charge on any atom is -0.438 e. The number of aromatic nitrogens is 3. The van der Waals surface area contributed by atoms with Crippen molar-refractivity contribution in [2.45, 2.75) is 31.7 Å². The quantitative estimate of drug-likeness (QED) is 0.239. The molecule has 3 heterocycles. The van der Waals surface area contributed by atoms with Crippen LogP contribution in [0.25, 0.3) is 11.3 Å². The Morgan fingerprint density at radius 2 is 1.86 bits per heavy atom. The molecule has 3 N–H and O–H groups in total. The van der Waals surface area contributed by atoms with Crippen LogP contribution in [0.15, 0.2) is 67.0 Å². The van der Waals surface area contributed by atoms with E-state index in [1.807, 2.05) is 4.72 Å². The van der Waals surface area contributed by atoms with Crippen LogP contribution in [0.4, 0.5) is 24.8 Å². The average Bonchev–Trinajstić information content (AvgIpc) is 2.99. The Balaban J connectivity index is 0.000000507.